The van der Waals surface area contributed by atoms with Gasteiger partial charge in [0.05, 0.1) is 0 Å². The van der Waals surface area contributed by atoms with Crippen LogP contribution in [0.3, 0.4) is 0 Å². The molecule has 69 heavy (non-hydrogen) atoms. The normalized spacial score (nSPS) is 12.4. The molecule has 0 aliphatic heterocycles. The molecular formula is C63H122O6. The highest BCUT2D eigenvalue weighted by atomic mass is 16.6. The Morgan fingerprint density at radius 3 is 0.826 bits per heavy atom. The number of esters is 3. The van der Waals surface area contributed by atoms with Gasteiger partial charge in [0.15, 0.2) is 6.10 Å². The molecule has 0 radical (unpaired) electrons. The first-order valence-corrected chi connectivity index (χ1v) is 31.3. The highest BCUT2D eigenvalue weighted by Gasteiger charge is 2.19. The van der Waals surface area contributed by atoms with E-state index in [0.29, 0.717) is 19.3 Å². The Morgan fingerprint density at radius 2 is 0.551 bits per heavy atom. The van der Waals surface area contributed by atoms with E-state index in [0.717, 1.165) is 69.6 Å². The molecule has 0 spiro atoms. The zero-order valence-corrected chi connectivity index (χ0v) is 47.5. The van der Waals surface area contributed by atoms with Crippen LogP contribution >= 0.6 is 0 Å². The summed E-state index contributed by atoms with van der Waals surface area (Å²) in [6, 6.07) is 0. The summed E-state index contributed by atoms with van der Waals surface area (Å²) in [5.41, 5.74) is 0. The van der Waals surface area contributed by atoms with Gasteiger partial charge < -0.3 is 14.2 Å². The van der Waals surface area contributed by atoms with Crippen molar-refractivity contribution in [3.05, 3.63) is 0 Å². The van der Waals surface area contributed by atoms with Crippen molar-refractivity contribution in [3.63, 3.8) is 0 Å². The van der Waals surface area contributed by atoms with Crippen molar-refractivity contribution in [1.29, 1.82) is 0 Å². The number of carbonyl (C=O) groups is 3. The summed E-state index contributed by atoms with van der Waals surface area (Å²) in [5, 5.41) is 0. The predicted molar refractivity (Wildman–Crippen MR) is 298 cm³/mol. The molecule has 0 fully saturated rings. The molecule has 410 valence electrons. The molecule has 0 N–H and O–H groups in total. The summed E-state index contributed by atoms with van der Waals surface area (Å²) in [7, 11) is 0. The van der Waals surface area contributed by atoms with Crippen LogP contribution in [0.1, 0.15) is 356 Å². The average molecular weight is 976 g/mol. The summed E-state index contributed by atoms with van der Waals surface area (Å²) in [6.45, 7) is 11.4. The minimum absolute atomic E-state index is 0.0629. The van der Waals surface area contributed by atoms with Crippen LogP contribution in [-0.4, -0.2) is 37.2 Å². The first kappa shape index (κ1) is 67.4. The van der Waals surface area contributed by atoms with Gasteiger partial charge in [-0.2, -0.15) is 0 Å². The standard InChI is InChI=1S/C63H122O6/c1-6-8-9-10-11-12-13-14-15-16-17-22-25-28-31-34-39-45-50-55-63(66)69-60(57-68-62(65)54-49-44-40-35-36-41-46-51-58(3)4)56-67-61(64)53-48-43-38-33-30-27-24-21-19-18-20-23-26-29-32-37-42-47-52-59(5)7-2/h58-60H,6-57H2,1-5H3/t59?,60-/m1/s1. The van der Waals surface area contributed by atoms with Crippen LogP contribution in [0.4, 0.5) is 0 Å². The van der Waals surface area contributed by atoms with E-state index >= 15 is 0 Å². The molecule has 0 aromatic heterocycles. The third-order valence-electron chi connectivity index (χ3n) is 14.8. The van der Waals surface area contributed by atoms with E-state index in [9.17, 15) is 14.4 Å². The van der Waals surface area contributed by atoms with Gasteiger partial charge >= 0.3 is 17.9 Å². The van der Waals surface area contributed by atoms with Gasteiger partial charge in [0.2, 0.25) is 0 Å². The van der Waals surface area contributed by atoms with Crippen molar-refractivity contribution in [2.75, 3.05) is 13.2 Å². The van der Waals surface area contributed by atoms with Crippen molar-refractivity contribution in [2.45, 2.75) is 362 Å². The highest BCUT2D eigenvalue weighted by Crippen LogP contribution is 2.19. The highest BCUT2D eigenvalue weighted by molar-refractivity contribution is 5.71. The van der Waals surface area contributed by atoms with Crippen LogP contribution in [0.15, 0.2) is 0 Å². The predicted octanol–water partition coefficient (Wildman–Crippen LogP) is 20.8. The lowest BCUT2D eigenvalue weighted by Gasteiger charge is -2.18. The van der Waals surface area contributed by atoms with E-state index in [2.05, 4.69) is 34.6 Å². The number of hydrogen-bond acceptors (Lipinski definition) is 6. The summed E-state index contributed by atoms with van der Waals surface area (Å²) in [5.74, 6) is 0.853. The van der Waals surface area contributed by atoms with E-state index < -0.39 is 6.10 Å². The molecule has 0 saturated carbocycles. The second kappa shape index (κ2) is 55.7. The van der Waals surface area contributed by atoms with Crippen LogP contribution in [0.25, 0.3) is 0 Å². The maximum Gasteiger partial charge on any atom is 0.306 e. The van der Waals surface area contributed by atoms with Gasteiger partial charge in [0.1, 0.15) is 13.2 Å². The molecule has 0 amide bonds. The molecule has 0 bridgehead atoms. The maximum atomic E-state index is 12.9. The SMILES string of the molecule is CCCCCCCCCCCCCCCCCCCCCC(=O)O[C@H](COC(=O)CCCCCCCCCCCCCCCCCCCCC(C)CC)COC(=O)CCCCCCCCCC(C)C. The molecule has 0 aromatic carbocycles. The van der Waals surface area contributed by atoms with E-state index in [-0.39, 0.29) is 31.1 Å². The number of carbonyl (C=O) groups excluding carboxylic acids is 3. The van der Waals surface area contributed by atoms with Crippen molar-refractivity contribution in [1.82, 2.24) is 0 Å². The number of ether oxygens (including phenoxy) is 3. The molecule has 2 atom stereocenters. The van der Waals surface area contributed by atoms with Crippen LogP contribution in [0.2, 0.25) is 0 Å². The summed E-state index contributed by atoms with van der Waals surface area (Å²) in [4.78, 5) is 38.2. The molecule has 6 heteroatoms. The quantitative estimate of drug-likeness (QED) is 0.0343. The number of rotatable bonds is 57. The lowest BCUT2D eigenvalue weighted by molar-refractivity contribution is -0.167. The Kier molecular flexibility index (Phi) is 54.4. The lowest BCUT2D eigenvalue weighted by Crippen LogP contribution is -2.30. The average Bonchev–Trinajstić information content (AvgIpc) is 3.34. The van der Waals surface area contributed by atoms with E-state index in [1.165, 1.54) is 244 Å². The maximum absolute atomic E-state index is 12.9. The van der Waals surface area contributed by atoms with Gasteiger partial charge in [-0.25, -0.2) is 0 Å². The molecule has 0 rings (SSSR count). The molecule has 0 aliphatic carbocycles. The van der Waals surface area contributed by atoms with Crippen molar-refractivity contribution in [2.24, 2.45) is 11.8 Å². The molecule has 0 aliphatic rings. The van der Waals surface area contributed by atoms with Crippen LogP contribution in [0.5, 0.6) is 0 Å². The van der Waals surface area contributed by atoms with E-state index in [1.54, 1.807) is 0 Å². The second-order valence-corrected chi connectivity index (χ2v) is 22.4. The van der Waals surface area contributed by atoms with Crippen molar-refractivity contribution >= 4 is 17.9 Å². The van der Waals surface area contributed by atoms with Gasteiger partial charge in [-0.15, -0.1) is 0 Å². The van der Waals surface area contributed by atoms with Crippen LogP contribution in [-0.2, 0) is 28.6 Å². The molecule has 6 nitrogen and oxygen atoms in total. The Hall–Kier alpha value is -1.59. The first-order valence-electron chi connectivity index (χ1n) is 31.3. The molecule has 0 saturated heterocycles. The minimum atomic E-state index is -0.763. The summed E-state index contributed by atoms with van der Waals surface area (Å²) in [6.07, 6.45) is 61.1. The van der Waals surface area contributed by atoms with Crippen molar-refractivity contribution in [3.8, 4) is 0 Å². The third-order valence-corrected chi connectivity index (χ3v) is 14.8. The lowest BCUT2D eigenvalue weighted by atomic mass is 9.99. The van der Waals surface area contributed by atoms with E-state index in [1.807, 2.05) is 0 Å². The van der Waals surface area contributed by atoms with Gasteiger partial charge in [-0.05, 0) is 31.1 Å². The van der Waals surface area contributed by atoms with Gasteiger partial charge in [-0.1, -0.05) is 317 Å². The van der Waals surface area contributed by atoms with Crippen LogP contribution < -0.4 is 0 Å². The topological polar surface area (TPSA) is 78.9 Å². The zero-order chi connectivity index (χ0) is 50.4. The fourth-order valence-electron chi connectivity index (χ4n) is 9.73. The second-order valence-electron chi connectivity index (χ2n) is 22.4. The van der Waals surface area contributed by atoms with Gasteiger partial charge in [0.25, 0.3) is 0 Å². The summed E-state index contributed by atoms with van der Waals surface area (Å²) < 4.78 is 16.9. The zero-order valence-electron chi connectivity index (χ0n) is 47.5. The Balaban J connectivity index is 4.19. The van der Waals surface area contributed by atoms with Crippen molar-refractivity contribution < 1.29 is 28.6 Å². The number of hydrogen-bond donors (Lipinski definition) is 0. The number of unbranched alkanes of at least 4 members (excludes halogenated alkanes) is 41. The third kappa shape index (κ3) is 55.6. The Labute approximate surface area is 431 Å². The molecular weight excluding hydrogens is 853 g/mol. The molecule has 1 unspecified atom stereocenters. The fourth-order valence-corrected chi connectivity index (χ4v) is 9.73. The minimum Gasteiger partial charge on any atom is -0.462 e. The molecule has 0 heterocycles. The van der Waals surface area contributed by atoms with E-state index in [4.69, 9.17) is 14.2 Å². The largest absolute Gasteiger partial charge is 0.462 e. The Bertz CT molecular complexity index is 1060. The fraction of sp³-hybridized carbons (Fsp3) is 0.952. The Morgan fingerprint density at radius 1 is 0.304 bits per heavy atom. The first-order chi connectivity index (χ1) is 33.8. The molecule has 0 aromatic rings. The van der Waals surface area contributed by atoms with Gasteiger partial charge in [0, 0.05) is 19.3 Å². The summed E-state index contributed by atoms with van der Waals surface area (Å²) >= 11 is 0. The van der Waals surface area contributed by atoms with Crippen LogP contribution in [0, 0.1) is 11.8 Å². The smallest absolute Gasteiger partial charge is 0.306 e. The monoisotopic (exact) mass is 975 g/mol. The van der Waals surface area contributed by atoms with Gasteiger partial charge in [-0.3, -0.25) is 14.4 Å².